The molecule has 3 heterocycles. The zero-order valence-electron chi connectivity index (χ0n) is 11.8. The van der Waals surface area contributed by atoms with Gasteiger partial charge in [-0.05, 0) is 30.7 Å². The van der Waals surface area contributed by atoms with E-state index in [1.54, 1.807) is 22.2 Å². The summed E-state index contributed by atoms with van der Waals surface area (Å²) in [5.41, 5.74) is 6.18. The molecule has 0 radical (unpaired) electrons. The monoisotopic (exact) mass is 305 g/mol. The predicted octanol–water partition coefficient (Wildman–Crippen LogP) is 1.34. The van der Waals surface area contributed by atoms with Gasteiger partial charge in [0.25, 0.3) is 5.91 Å². The fraction of sp³-hybridized carbons (Fsp3) is 0.500. The van der Waals surface area contributed by atoms with E-state index in [1.165, 1.54) is 4.88 Å². The molecule has 0 spiro atoms. The highest BCUT2D eigenvalue weighted by atomic mass is 32.1. The average molecular weight is 305 g/mol. The van der Waals surface area contributed by atoms with Crippen molar-refractivity contribution in [3.8, 4) is 0 Å². The highest BCUT2D eigenvalue weighted by Gasteiger charge is 2.28. The molecule has 2 aromatic rings. The van der Waals surface area contributed by atoms with E-state index in [2.05, 4.69) is 10.3 Å². The van der Waals surface area contributed by atoms with E-state index in [0.29, 0.717) is 18.8 Å². The van der Waals surface area contributed by atoms with Crippen molar-refractivity contribution < 1.29 is 4.79 Å². The number of rotatable bonds is 4. The number of hydrogen-bond acceptors (Lipinski definition) is 5. The highest BCUT2D eigenvalue weighted by molar-refractivity contribution is 7.09. The molecule has 2 N–H and O–H groups in total. The number of nitrogens with zero attached hydrogens (tertiary/aromatic N) is 4. The highest BCUT2D eigenvalue weighted by Crippen LogP contribution is 2.18. The molecular formula is C14H19N5OS. The van der Waals surface area contributed by atoms with Crippen LogP contribution in [0.3, 0.4) is 0 Å². The average Bonchev–Trinajstić information content (AvgIpc) is 3.19. The quantitative estimate of drug-likeness (QED) is 0.925. The van der Waals surface area contributed by atoms with Crippen LogP contribution < -0.4 is 5.73 Å². The second-order valence-electron chi connectivity index (χ2n) is 5.26. The zero-order chi connectivity index (χ0) is 14.7. The first-order chi connectivity index (χ1) is 10.3. The van der Waals surface area contributed by atoms with Crippen LogP contribution in [-0.2, 0) is 6.54 Å². The summed E-state index contributed by atoms with van der Waals surface area (Å²) in [6.45, 7) is 1.92. The van der Waals surface area contributed by atoms with E-state index in [9.17, 15) is 4.79 Å². The van der Waals surface area contributed by atoms with Gasteiger partial charge in [0.1, 0.15) is 0 Å². The van der Waals surface area contributed by atoms with Crippen LogP contribution in [0.1, 0.15) is 34.6 Å². The van der Waals surface area contributed by atoms with Gasteiger partial charge in [-0.3, -0.25) is 4.79 Å². The molecule has 7 heteroatoms. The molecule has 1 fully saturated rings. The first kappa shape index (κ1) is 14.2. The standard InChI is InChI=1S/C14H19N5OS/c15-8-11-4-1-2-6-19(11)14(20)13-10-18(17-16-13)9-12-5-3-7-21-12/h3,5,7,10-11H,1-2,4,6,8-9,15H2/t11-/m1/s1. The van der Waals surface area contributed by atoms with Gasteiger partial charge in [0, 0.05) is 24.0 Å². The second-order valence-corrected chi connectivity index (χ2v) is 6.30. The lowest BCUT2D eigenvalue weighted by atomic mass is 10.0. The molecule has 21 heavy (non-hydrogen) atoms. The summed E-state index contributed by atoms with van der Waals surface area (Å²) in [7, 11) is 0. The summed E-state index contributed by atoms with van der Waals surface area (Å²) in [6.07, 6.45) is 4.87. The van der Waals surface area contributed by atoms with Gasteiger partial charge >= 0.3 is 0 Å². The maximum Gasteiger partial charge on any atom is 0.276 e. The maximum atomic E-state index is 12.5. The third-order valence-corrected chi connectivity index (χ3v) is 4.68. The van der Waals surface area contributed by atoms with Crippen LogP contribution in [0.2, 0.25) is 0 Å². The van der Waals surface area contributed by atoms with Crippen LogP contribution in [0.15, 0.2) is 23.7 Å². The lowest BCUT2D eigenvalue weighted by molar-refractivity contribution is 0.0617. The van der Waals surface area contributed by atoms with Gasteiger partial charge in [-0.2, -0.15) is 0 Å². The second kappa shape index (κ2) is 6.36. The van der Waals surface area contributed by atoms with Gasteiger partial charge in [-0.1, -0.05) is 11.3 Å². The third-order valence-electron chi connectivity index (χ3n) is 3.82. The van der Waals surface area contributed by atoms with Gasteiger partial charge < -0.3 is 10.6 Å². The molecule has 0 bridgehead atoms. The Bertz CT molecular complexity index is 594. The SMILES string of the molecule is NC[C@H]1CCCCN1C(=O)c1cn(Cc2cccs2)nn1. The lowest BCUT2D eigenvalue weighted by Crippen LogP contribution is -2.47. The molecular weight excluding hydrogens is 286 g/mol. The Morgan fingerprint density at radius 3 is 3.14 bits per heavy atom. The van der Waals surface area contributed by atoms with Crippen molar-refractivity contribution in [2.75, 3.05) is 13.1 Å². The summed E-state index contributed by atoms with van der Waals surface area (Å²) >= 11 is 1.67. The van der Waals surface area contributed by atoms with Crippen molar-refractivity contribution in [2.45, 2.75) is 31.8 Å². The van der Waals surface area contributed by atoms with Crippen molar-refractivity contribution in [1.82, 2.24) is 19.9 Å². The third kappa shape index (κ3) is 3.14. The maximum absolute atomic E-state index is 12.5. The van der Waals surface area contributed by atoms with Crippen LogP contribution in [-0.4, -0.2) is 44.9 Å². The number of piperidine rings is 1. The fourth-order valence-electron chi connectivity index (χ4n) is 2.70. The van der Waals surface area contributed by atoms with Gasteiger partial charge in [0.05, 0.1) is 12.7 Å². The van der Waals surface area contributed by atoms with Crippen molar-refractivity contribution in [3.05, 3.63) is 34.3 Å². The smallest absolute Gasteiger partial charge is 0.276 e. The van der Waals surface area contributed by atoms with Crippen LogP contribution in [0.25, 0.3) is 0 Å². The summed E-state index contributed by atoms with van der Waals surface area (Å²) in [4.78, 5) is 15.6. The molecule has 1 amide bonds. The van der Waals surface area contributed by atoms with Crippen LogP contribution in [0.4, 0.5) is 0 Å². The molecule has 1 saturated heterocycles. The zero-order valence-corrected chi connectivity index (χ0v) is 12.6. The Hall–Kier alpha value is -1.73. The summed E-state index contributed by atoms with van der Waals surface area (Å²) in [5.74, 6) is -0.0532. The Morgan fingerprint density at radius 2 is 2.38 bits per heavy atom. The summed E-state index contributed by atoms with van der Waals surface area (Å²) in [6, 6.07) is 4.18. The number of amides is 1. The van der Waals surface area contributed by atoms with Crippen molar-refractivity contribution in [2.24, 2.45) is 5.73 Å². The number of carbonyl (C=O) groups excluding carboxylic acids is 1. The number of aromatic nitrogens is 3. The van der Waals surface area contributed by atoms with Crippen LogP contribution in [0, 0.1) is 0 Å². The minimum absolute atomic E-state index is 0.0532. The topological polar surface area (TPSA) is 77.0 Å². The van der Waals surface area contributed by atoms with Gasteiger partial charge in [0.2, 0.25) is 0 Å². The molecule has 0 unspecified atom stereocenters. The molecule has 1 atom stereocenters. The Labute approximate surface area is 127 Å². The number of likely N-dealkylation sites (tertiary alicyclic amines) is 1. The summed E-state index contributed by atoms with van der Waals surface area (Å²) in [5, 5.41) is 10.1. The van der Waals surface area contributed by atoms with E-state index in [1.807, 2.05) is 22.4 Å². The van der Waals surface area contributed by atoms with Crippen molar-refractivity contribution in [3.63, 3.8) is 0 Å². The number of carbonyl (C=O) groups is 1. The minimum Gasteiger partial charge on any atom is -0.333 e. The van der Waals surface area contributed by atoms with Crippen LogP contribution in [0.5, 0.6) is 0 Å². The number of hydrogen-bond donors (Lipinski definition) is 1. The molecule has 0 aliphatic carbocycles. The van der Waals surface area contributed by atoms with E-state index >= 15 is 0 Å². The van der Waals surface area contributed by atoms with E-state index in [-0.39, 0.29) is 11.9 Å². The number of nitrogens with two attached hydrogens (primary N) is 1. The molecule has 1 aliphatic heterocycles. The Kier molecular flexibility index (Phi) is 4.31. The molecule has 0 saturated carbocycles. The van der Waals surface area contributed by atoms with Crippen molar-refractivity contribution in [1.29, 1.82) is 0 Å². The van der Waals surface area contributed by atoms with Crippen molar-refractivity contribution >= 4 is 17.2 Å². The molecule has 0 aromatic carbocycles. The van der Waals surface area contributed by atoms with E-state index in [0.717, 1.165) is 25.8 Å². The van der Waals surface area contributed by atoms with Gasteiger partial charge in [0.15, 0.2) is 5.69 Å². The molecule has 3 rings (SSSR count). The largest absolute Gasteiger partial charge is 0.333 e. The van der Waals surface area contributed by atoms with Crippen LogP contribution >= 0.6 is 11.3 Å². The first-order valence-electron chi connectivity index (χ1n) is 7.21. The van der Waals surface area contributed by atoms with E-state index in [4.69, 9.17) is 5.73 Å². The fourth-order valence-corrected chi connectivity index (χ4v) is 3.39. The van der Waals surface area contributed by atoms with Gasteiger partial charge in [-0.25, -0.2) is 4.68 Å². The van der Waals surface area contributed by atoms with Gasteiger partial charge in [-0.15, -0.1) is 16.4 Å². The Morgan fingerprint density at radius 1 is 1.48 bits per heavy atom. The van der Waals surface area contributed by atoms with E-state index < -0.39 is 0 Å². The minimum atomic E-state index is -0.0532. The summed E-state index contributed by atoms with van der Waals surface area (Å²) < 4.78 is 1.71. The Balaban J connectivity index is 1.71. The molecule has 1 aliphatic rings. The molecule has 6 nitrogen and oxygen atoms in total. The first-order valence-corrected chi connectivity index (χ1v) is 8.09. The molecule has 112 valence electrons. The predicted molar refractivity (Wildman–Crippen MR) is 81.2 cm³/mol. The normalized spacial score (nSPS) is 18.9. The lowest BCUT2D eigenvalue weighted by Gasteiger charge is -2.34. The molecule has 2 aromatic heterocycles. The number of thiophene rings is 1.